The summed E-state index contributed by atoms with van der Waals surface area (Å²) >= 11 is 0. The Balaban J connectivity index is 1.75. The standard InChI is InChI=1S/C23H28N2O5S/c1-16-5-7-18(8-6-16)21(14-22(26)27)24-23(28)19-9-11-20(12-10-19)31(29,30)25-13-3-4-17(2)15-25/h5-12,17,21H,3-4,13-15H2,1-2H3,(H,24,28)(H,26,27)/t17-,21+/m1/s1. The highest BCUT2D eigenvalue weighted by molar-refractivity contribution is 7.89. The first-order chi connectivity index (χ1) is 14.7. The van der Waals surface area contributed by atoms with E-state index in [1.807, 2.05) is 26.0 Å². The lowest BCUT2D eigenvalue weighted by Gasteiger charge is -2.30. The fourth-order valence-corrected chi connectivity index (χ4v) is 5.36. The van der Waals surface area contributed by atoms with Crippen LogP contribution < -0.4 is 5.32 Å². The molecule has 2 aromatic rings. The predicted octanol–water partition coefficient (Wildman–Crippen LogP) is 3.36. The molecule has 1 saturated heterocycles. The Morgan fingerprint density at radius 2 is 1.77 bits per heavy atom. The van der Waals surface area contributed by atoms with Gasteiger partial charge in [0.25, 0.3) is 5.91 Å². The number of aryl methyl sites for hydroxylation is 1. The minimum absolute atomic E-state index is 0.152. The van der Waals surface area contributed by atoms with Gasteiger partial charge in [0, 0.05) is 18.7 Å². The number of nitrogens with one attached hydrogen (secondary N) is 1. The Kier molecular flexibility index (Phi) is 7.12. The molecule has 1 aliphatic heterocycles. The van der Waals surface area contributed by atoms with E-state index in [4.69, 9.17) is 0 Å². The van der Waals surface area contributed by atoms with Crippen LogP contribution in [-0.2, 0) is 14.8 Å². The summed E-state index contributed by atoms with van der Waals surface area (Å²) < 4.78 is 27.3. The third kappa shape index (κ3) is 5.71. The monoisotopic (exact) mass is 444 g/mol. The second-order valence-electron chi connectivity index (χ2n) is 8.17. The van der Waals surface area contributed by atoms with Crippen molar-refractivity contribution in [2.45, 2.75) is 44.0 Å². The number of sulfonamides is 1. The second-order valence-corrected chi connectivity index (χ2v) is 10.1. The van der Waals surface area contributed by atoms with Crippen LogP contribution >= 0.6 is 0 Å². The molecule has 2 N–H and O–H groups in total. The molecule has 1 amide bonds. The number of hydrogen-bond acceptors (Lipinski definition) is 4. The topological polar surface area (TPSA) is 104 Å². The SMILES string of the molecule is Cc1ccc([C@H](CC(=O)O)NC(=O)c2ccc(S(=O)(=O)N3CCC[C@@H](C)C3)cc2)cc1. The van der Waals surface area contributed by atoms with E-state index in [0.717, 1.165) is 18.4 Å². The van der Waals surface area contributed by atoms with Gasteiger partial charge in [-0.15, -0.1) is 0 Å². The normalized spacial score (nSPS) is 18.3. The third-order valence-electron chi connectivity index (χ3n) is 5.54. The maximum absolute atomic E-state index is 12.9. The Labute approximate surface area is 183 Å². The van der Waals surface area contributed by atoms with E-state index in [1.165, 1.54) is 28.6 Å². The summed E-state index contributed by atoms with van der Waals surface area (Å²) in [4.78, 5) is 24.1. The van der Waals surface area contributed by atoms with E-state index >= 15 is 0 Å². The molecule has 0 aliphatic carbocycles. The van der Waals surface area contributed by atoms with E-state index < -0.39 is 27.9 Å². The minimum Gasteiger partial charge on any atom is -0.481 e. The summed E-state index contributed by atoms with van der Waals surface area (Å²) in [6.07, 6.45) is 1.60. The third-order valence-corrected chi connectivity index (χ3v) is 7.42. The van der Waals surface area contributed by atoms with E-state index in [0.29, 0.717) is 24.6 Å². The highest BCUT2D eigenvalue weighted by Crippen LogP contribution is 2.24. The zero-order chi connectivity index (χ0) is 22.6. The van der Waals surface area contributed by atoms with Gasteiger partial charge >= 0.3 is 5.97 Å². The predicted molar refractivity (Wildman–Crippen MR) is 117 cm³/mol. The van der Waals surface area contributed by atoms with E-state index in [-0.39, 0.29) is 16.9 Å². The maximum atomic E-state index is 12.9. The van der Waals surface area contributed by atoms with Gasteiger partial charge in [-0.3, -0.25) is 9.59 Å². The molecule has 8 heteroatoms. The van der Waals surface area contributed by atoms with Gasteiger partial charge in [-0.25, -0.2) is 8.42 Å². The number of nitrogens with zero attached hydrogens (tertiary/aromatic N) is 1. The Bertz CT molecular complexity index is 1030. The van der Waals surface area contributed by atoms with Gasteiger partial charge in [-0.1, -0.05) is 36.8 Å². The van der Waals surface area contributed by atoms with E-state index in [1.54, 1.807) is 12.1 Å². The van der Waals surface area contributed by atoms with Crippen LogP contribution in [0.15, 0.2) is 53.4 Å². The molecule has 1 heterocycles. The molecule has 2 aromatic carbocycles. The summed E-state index contributed by atoms with van der Waals surface area (Å²) in [5.74, 6) is -1.16. The molecule has 0 spiro atoms. The number of carbonyl (C=O) groups is 2. The average molecular weight is 445 g/mol. The Morgan fingerprint density at radius 1 is 1.13 bits per heavy atom. The molecule has 3 rings (SSSR count). The van der Waals surface area contributed by atoms with Gasteiger partial charge in [0.15, 0.2) is 0 Å². The Hall–Kier alpha value is -2.71. The van der Waals surface area contributed by atoms with Crippen molar-refractivity contribution >= 4 is 21.9 Å². The number of rotatable bonds is 7. The molecule has 0 saturated carbocycles. The molecule has 0 unspecified atom stereocenters. The molecule has 0 bridgehead atoms. The first kappa shape index (κ1) is 23.0. The number of hydrogen-bond donors (Lipinski definition) is 2. The van der Waals surface area contributed by atoms with Crippen molar-refractivity contribution in [3.8, 4) is 0 Å². The molecule has 1 aliphatic rings. The molecule has 166 valence electrons. The summed E-state index contributed by atoms with van der Waals surface area (Å²) in [6.45, 7) is 4.96. The lowest BCUT2D eigenvalue weighted by atomic mass is 10.0. The number of aliphatic carboxylic acids is 1. The van der Waals surface area contributed by atoms with Crippen LogP contribution in [0.3, 0.4) is 0 Å². The van der Waals surface area contributed by atoms with Crippen molar-refractivity contribution in [2.24, 2.45) is 5.92 Å². The maximum Gasteiger partial charge on any atom is 0.305 e. The van der Waals surface area contributed by atoms with E-state index in [9.17, 15) is 23.1 Å². The van der Waals surface area contributed by atoms with Crippen molar-refractivity contribution in [1.29, 1.82) is 0 Å². The van der Waals surface area contributed by atoms with Gasteiger partial charge < -0.3 is 10.4 Å². The van der Waals surface area contributed by atoms with Gasteiger partial charge in [-0.05, 0) is 55.5 Å². The molecule has 0 aromatic heterocycles. The van der Waals surface area contributed by atoms with Crippen LogP contribution in [0.1, 0.15) is 53.7 Å². The van der Waals surface area contributed by atoms with Crippen LogP contribution in [0.25, 0.3) is 0 Å². The van der Waals surface area contributed by atoms with Crippen molar-refractivity contribution in [3.05, 3.63) is 65.2 Å². The van der Waals surface area contributed by atoms with Crippen LogP contribution in [-0.4, -0.2) is 42.8 Å². The highest BCUT2D eigenvalue weighted by Gasteiger charge is 2.28. The van der Waals surface area contributed by atoms with Gasteiger partial charge in [0.05, 0.1) is 17.4 Å². The van der Waals surface area contributed by atoms with Crippen molar-refractivity contribution in [1.82, 2.24) is 9.62 Å². The molecule has 1 fully saturated rings. The lowest BCUT2D eigenvalue weighted by molar-refractivity contribution is -0.137. The first-order valence-corrected chi connectivity index (χ1v) is 11.8. The molecular weight excluding hydrogens is 416 g/mol. The highest BCUT2D eigenvalue weighted by atomic mass is 32.2. The van der Waals surface area contributed by atoms with Crippen molar-refractivity contribution in [3.63, 3.8) is 0 Å². The molecule has 31 heavy (non-hydrogen) atoms. The van der Waals surface area contributed by atoms with Gasteiger partial charge in [0.1, 0.15) is 0 Å². The fourth-order valence-electron chi connectivity index (χ4n) is 3.76. The van der Waals surface area contributed by atoms with Crippen LogP contribution in [0.4, 0.5) is 0 Å². The summed E-state index contributed by atoms with van der Waals surface area (Å²) in [5, 5.41) is 12.0. The number of carboxylic acid groups (broad SMARTS) is 1. The van der Waals surface area contributed by atoms with Crippen molar-refractivity contribution < 1.29 is 23.1 Å². The number of amides is 1. The summed E-state index contributed by atoms with van der Waals surface area (Å²) in [6, 6.07) is 12.4. The minimum atomic E-state index is -3.60. The molecule has 7 nitrogen and oxygen atoms in total. The average Bonchev–Trinajstić information content (AvgIpc) is 2.73. The molecule has 2 atom stereocenters. The number of benzene rings is 2. The van der Waals surface area contributed by atoms with Crippen LogP contribution in [0.5, 0.6) is 0 Å². The fraction of sp³-hybridized carbons (Fsp3) is 0.391. The van der Waals surface area contributed by atoms with Gasteiger partial charge in [-0.2, -0.15) is 4.31 Å². The van der Waals surface area contributed by atoms with Gasteiger partial charge in [0.2, 0.25) is 10.0 Å². The number of piperidine rings is 1. The summed E-state index contributed by atoms with van der Waals surface area (Å²) in [7, 11) is -3.60. The second kappa shape index (κ2) is 9.62. The lowest BCUT2D eigenvalue weighted by Crippen LogP contribution is -2.39. The zero-order valence-corrected chi connectivity index (χ0v) is 18.6. The van der Waals surface area contributed by atoms with E-state index in [2.05, 4.69) is 5.32 Å². The first-order valence-electron chi connectivity index (χ1n) is 10.4. The number of carbonyl (C=O) groups excluding carboxylic acids is 1. The Morgan fingerprint density at radius 3 is 2.35 bits per heavy atom. The van der Waals surface area contributed by atoms with Crippen LogP contribution in [0.2, 0.25) is 0 Å². The molecule has 0 radical (unpaired) electrons. The van der Waals surface area contributed by atoms with Crippen molar-refractivity contribution in [2.75, 3.05) is 13.1 Å². The summed E-state index contributed by atoms with van der Waals surface area (Å²) in [5.41, 5.74) is 2.00. The zero-order valence-electron chi connectivity index (χ0n) is 17.7. The van der Waals surface area contributed by atoms with Crippen LogP contribution in [0, 0.1) is 12.8 Å². The molecular formula is C23H28N2O5S. The number of carboxylic acids is 1. The quantitative estimate of drug-likeness (QED) is 0.682. The largest absolute Gasteiger partial charge is 0.481 e. The smallest absolute Gasteiger partial charge is 0.305 e.